The molecule has 0 unspecified atom stereocenters. The van der Waals surface area contributed by atoms with Gasteiger partial charge in [0.25, 0.3) is 11.8 Å². The van der Waals surface area contributed by atoms with E-state index in [2.05, 4.69) is 10.2 Å². The summed E-state index contributed by atoms with van der Waals surface area (Å²) in [5, 5.41) is 3.28. The Kier molecular flexibility index (Phi) is 8.97. The van der Waals surface area contributed by atoms with E-state index in [0.717, 1.165) is 24.2 Å². The van der Waals surface area contributed by atoms with Crippen molar-refractivity contribution in [3.8, 4) is 11.5 Å². The monoisotopic (exact) mass is 517 g/mol. The predicted molar refractivity (Wildman–Crippen MR) is 140 cm³/mol. The van der Waals surface area contributed by atoms with Crippen molar-refractivity contribution in [2.45, 2.75) is 26.8 Å². The molecule has 0 radical (unpaired) electrons. The molecule has 0 saturated carbocycles. The number of piperazine rings is 1. The lowest BCUT2D eigenvalue weighted by Gasteiger charge is -2.31. The highest BCUT2D eigenvalue weighted by atomic mass is 32.2. The first kappa shape index (κ1) is 27.5. The molecule has 9 nitrogen and oxygen atoms in total. The number of nitrogens with one attached hydrogen (secondary N) is 1. The number of benzene rings is 2. The van der Waals surface area contributed by atoms with Crippen LogP contribution in [-0.4, -0.2) is 77.0 Å². The molecule has 2 amide bonds. The van der Waals surface area contributed by atoms with E-state index in [0.29, 0.717) is 48.0 Å². The second-order valence-electron chi connectivity index (χ2n) is 8.37. The van der Waals surface area contributed by atoms with Crippen LogP contribution in [0.25, 0.3) is 0 Å². The number of imide groups is 1. The van der Waals surface area contributed by atoms with Gasteiger partial charge in [-0.2, -0.15) is 0 Å². The molecular formula is C26H35N3O6S. The van der Waals surface area contributed by atoms with Crippen LogP contribution in [0.1, 0.15) is 53.1 Å². The molecule has 1 fully saturated rings. The number of anilines is 1. The lowest BCUT2D eigenvalue weighted by molar-refractivity contribution is 0.0597. The van der Waals surface area contributed by atoms with Crippen LogP contribution in [0, 0.1) is 0 Å². The summed E-state index contributed by atoms with van der Waals surface area (Å²) in [5.41, 5.74) is 1.79. The Labute approximate surface area is 213 Å². The lowest BCUT2D eigenvalue weighted by atomic mass is 10.1. The molecule has 1 atom stereocenters. The summed E-state index contributed by atoms with van der Waals surface area (Å²) in [6, 6.07) is 9.17. The van der Waals surface area contributed by atoms with Crippen LogP contribution < -0.4 is 19.7 Å². The third kappa shape index (κ3) is 5.65. The fraction of sp³-hybridized carbons (Fsp3) is 0.462. The van der Waals surface area contributed by atoms with Gasteiger partial charge in [0.2, 0.25) is 0 Å². The average molecular weight is 518 g/mol. The first-order valence-corrected chi connectivity index (χ1v) is 14.3. The molecule has 1 saturated heterocycles. The maximum absolute atomic E-state index is 13.7. The summed E-state index contributed by atoms with van der Waals surface area (Å²) in [4.78, 5) is 30.4. The molecule has 2 aliphatic rings. The van der Waals surface area contributed by atoms with E-state index < -0.39 is 33.4 Å². The smallest absolute Gasteiger partial charge is 0.264 e. The van der Waals surface area contributed by atoms with Crippen LogP contribution >= 0.6 is 0 Å². The number of carbonyl (C=O) groups excluding carboxylic acids is 2. The SMILES string of the molecule is CC.CCOc1cc([C@@H](CS(C)(=O)=O)N2C(=O)c3cccc(N4CCNCC4)c3C2=O)ccc1OC. The molecule has 2 heterocycles. The molecule has 0 spiro atoms. The maximum Gasteiger partial charge on any atom is 0.264 e. The van der Waals surface area contributed by atoms with Crippen LogP contribution in [0.3, 0.4) is 0 Å². The largest absolute Gasteiger partial charge is 0.493 e. The quantitative estimate of drug-likeness (QED) is 0.533. The Morgan fingerprint density at radius 2 is 1.72 bits per heavy atom. The van der Waals surface area contributed by atoms with Crippen molar-refractivity contribution in [1.82, 2.24) is 10.2 Å². The molecule has 2 aromatic carbocycles. The minimum absolute atomic E-state index is 0.290. The highest BCUT2D eigenvalue weighted by Crippen LogP contribution is 2.39. The van der Waals surface area contributed by atoms with E-state index in [-0.39, 0.29) is 5.56 Å². The van der Waals surface area contributed by atoms with Crippen molar-refractivity contribution in [3.05, 3.63) is 53.1 Å². The Morgan fingerprint density at radius 1 is 1.03 bits per heavy atom. The van der Waals surface area contributed by atoms with E-state index in [1.807, 2.05) is 26.8 Å². The minimum Gasteiger partial charge on any atom is -0.493 e. The van der Waals surface area contributed by atoms with Gasteiger partial charge in [0.15, 0.2) is 11.5 Å². The van der Waals surface area contributed by atoms with Crippen molar-refractivity contribution in [2.75, 3.05) is 56.8 Å². The number of amides is 2. The summed E-state index contributed by atoms with van der Waals surface area (Å²) in [6.45, 7) is 9.16. The molecule has 2 aliphatic heterocycles. The van der Waals surface area contributed by atoms with E-state index in [1.54, 1.807) is 30.3 Å². The lowest BCUT2D eigenvalue weighted by Crippen LogP contribution is -2.44. The molecule has 0 aliphatic carbocycles. The number of hydrogen-bond donors (Lipinski definition) is 1. The second-order valence-corrected chi connectivity index (χ2v) is 10.6. The number of rotatable bonds is 8. The van der Waals surface area contributed by atoms with Gasteiger partial charge in [0, 0.05) is 32.4 Å². The Morgan fingerprint density at radius 3 is 2.33 bits per heavy atom. The highest BCUT2D eigenvalue weighted by Gasteiger charge is 2.44. The molecular weight excluding hydrogens is 482 g/mol. The van der Waals surface area contributed by atoms with Crippen LogP contribution in [0.15, 0.2) is 36.4 Å². The predicted octanol–water partition coefficient (Wildman–Crippen LogP) is 2.91. The van der Waals surface area contributed by atoms with Gasteiger partial charge in [0.05, 0.1) is 42.3 Å². The number of ether oxygens (including phenoxy) is 2. The van der Waals surface area contributed by atoms with Gasteiger partial charge in [-0.1, -0.05) is 26.0 Å². The fourth-order valence-corrected chi connectivity index (χ4v) is 5.43. The first-order valence-electron chi connectivity index (χ1n) is 12.2. The maximum atomic E-state index is 13.7. The number of methoxy groups -OCH3 is 1. The van der Waals surface area contributed by atoms with E-state index in [1.165, 1.54) is 7.11 Å². The summed E-state index contributed by atoms with van der Waals surface area (Å²) in [6.07, 6.45) is 1.09. The van der Waals surface area contributed by atoms with Crippen LogP contribution in [-0.2, 0) is 9.84 Å². The van der Waals surface area contributed by atoms with Crippen molar-refractivity contribution < 1.29 is 27.5 Å². The second kappa shape index (κ2) is 11.7. The third-order valence-corrected chi connectivity index (χ3v) is 6.95. The topological polar surface area (TPSA) is 105 Å². The molecule has 0 bridgehead atoms. The normalized spacial score (nSPS) is 16.2. The number of nitrogens with zero attached hydrogens (tertiary/aromatic N) is 2. The van der Waals surface area contributed by atoms with Gasteiger partial charge in [-0.3, -0.25) is 14.5 Å². The summed E-state index contributed by atoms with van der Waals surface area (Å²) in [7, 11) is -2.04. The zero-order valence-electron chi connectivity index (χ0n) is 21.5. The fourth-order valence-electron chi connectivity index (χ4n) is 4.51. The molecule has 4 rings (SSSR count). The van der Waals surface area contributed by atoms with Crippen molar-refractivity contribution >= 4 is 27.3 Å². The van der Waals surface area contributed by atoms with Gasteiger partial charge in [-0.25, -0.2) is 8.42 Å². The van der Waals surface area contributed by atoms with Gasteiger partial charge >= 0.3 is 0 Å². The zero-order valence-corrected chi connectivity index (χ0v) is 22.4. The molecule has 2 aromatic rings. The summed E-state index contributed by atoms with van der Waals surface area (Å²) in [5.74, 6) is -0.499. The number of hydrogen-bond acceptors (Lipinski definition) is 8. The Bertz CT molecular complexity index is 1210. The molecule has 1 N–H and O–H groups in total. The van der Waals surface area contributed by atoms with E-state index in [9.17, 15) is 18.0 Å². The zero-order chi connectivity index (χ0) is 26.5. The van der Waals surface area contributed by atoms with Crippen LogP contribution in [0.4, 0.5) is 5.69 Å². The van der Waals surface area contributed by atoms with Crippen LogP contribution in [0.5, 0.6) is 11.5 Å². The highest BCUT2D eigenvalue weighted by molar-refractivity contribution is 7.90. The number of sulfone groups is 1. The molecule has 0 aromatic heterocycles. The average Bonchev–Trinajstić information content (AvgIpc) is 3.14. The van der Waals surface area contributed by atoms with Gasteiger partial charge in [-0.15, -0.1) is 0 Å². The van der Waals surface area contributed by atoms with E-state index in [4.69, 9.17) is 9.47 Å². The van der Waals surface area contributed by atoms with Crippen molar-refractivity contribution in [3.63, 3.8) is 0 Å². The standard InChI is InChI=1S/C24H29N3O6S.C2H6/c1-4-33-21-14-16(8-9-20(21)32-2)19(15-34(3,30)31)27-23(28)17-6-5-7-18(22(17)24(27)29)26-12-10-25-11-13-26;1-2/h5-9,14,19,25H,4,10-13,15H2,1-3H3;1-2H3/t19-;/m1./s1. The van der Waals surface area contributed by atoms with Gasteiger partial charge in [0.1, 0.15) is 9.84 Å². The summed E-state index contributed by atoms with van der Waals surface area (Å²) >= 11 is 0. The Hall–Kier alpha value is -3.11. The molecule has 10 heteroatoms. The number of fused-ring (bicyclic) bond motifs is 1. The molecule has 196 valence electrons. The summed E-state index contributed by atoms with van der Waals surface area (Å²) < 4.78 is 35.8. The minimum atomic E-state index is -3.55. The van der Waals surface area contributed by atoms with Gasteiger partial charge < -0.3 is 19.7 Å². The third-order valence-electron chi connectivity index (χ3n) is 6.03. The van der Waals surface area contributed by atoms with Crippen LogP contribution in [0.2, 0.25) is 0 Å². The number of carbonyl (C=O) groups is 2. The Balaban J connectivity index is 0.00000176. The van der Waals surface area contributed by atoms with Gasteiger partial charge in [-0.05, 0) is 36.8 Å². The first-order chi connectivity index (χ1) is 17.2. The molecule has 36 heavy (non-hydrogen) atoms. The van der Waals surface area contributed by atoms with E-state index >= 15 is 0 Å². The van der Waals surface area contributed by atoms with Crippen molar-refractivity contribution in [2.24, 2.45) is 0 Å². The van der Waals surface area contributed by atoms with Crippen molar-refractivity contribution in [1.29, 1.82) is 0 Å².